The Morgan fingerprint density at radius 3 is 2.45 bits per heavy atom. The van der Waals surface area contributed by atoms with Crippen molar-refractivity contribution in [2.24, 2.45) is 11.8 Å². The minimum atomic E-state index is 0.340. The normalized spacial score (nSPS) is 26.6. The van der Waals surface area contributed by atoms with Crippen molar-refractivity contribution in [1.29, 1.82) is 0 Å². The summed E-state index contributed by atoms with van der Waals surface area (Å²) in [5, 5.41) is 6.76. The Morgan fingerprint density at radius 1 is 1.15 bits per heavy atom. The van der Waals surface area contributed by atoms with Crippen molar-refractivity contribution in [3.05, 3.63) is 11.9 Å². The summed E-state index contributed by atoms with van der Waals surface area (Å²) in [7, 11) is 1.90. The number of anilines is 2. The van der Waals surface area contributed by atoms with Gasteiger partial charge in [0.2, 0.25) is 0 Å². The van der Waals surface area contributed by atoms with Gasteiger partial charge in [0.15, 0.2) is 0 Å². The van der Waals surface area contributed by atoms with E-state index in [0.717, 1.165) is 23.4 Å². The minimum absolute atomic E-state index is 0.340. The molecular formula is C16H28N4. The summed E-state index contributed by atoms with van der Waals surface area (Å²) < 4.78 is 0. The molecular weight excluding hydrogens is 248 g/mol. The third-order valence-corrected chi connectivity index (χ3v) is 4.28. The second kappa shape index (κ2) is 6.42. The van der Waals surface area contributed by atoms with Gasteiger partial charge in [-0.15, -0.1) is 0 Å². The average molecular weight is 276 g/mol. The Hall–Kier alpha value is -1.32. The third kappa shape index (κ3) is 3.62. The minimum Gasteiger partial charge on any atom is -0.373 e. The molecule has 3 atom stereocenters. The first kappa shape index (κ1) is 15.1. The summed E-state index contributed by atoms with van der Waals surface area (Å²) in [5.41, 5.74) is 0. The summed E-state index contributed by atoms with van der Waals surface area (Å²) in [5.74, 6) is 4.65. The van der Waals surface area contributed by atoms with Gasteiger partial charge in [0.25, 0.3) is 0 Å². The maximum Gasteiger partial charge on any atom is 0.135 e. The Kier molecular flexibility index (Phi) is 4.84. The first-order valence-electron chi connectivity index (χ1n) is 7.82. The molecule has 1 saturated carbocycles. The fourth-order valence-electron chi connectivity index (χ4n) is 3.00. The van der Waals surface area contributed by atoms with Gasteiger partial charge in [-0.1, -0.05) is 27.7 Å². The molecule has 1 aromatic rings. The van der Waals surface area contributed by atoms with Gasteiger partial charge < -0.3 is 10.6 Å². The van der Waals surface area contributed by atoms with Crippen LogP contribution in [0.5, 0.6) is 0 Å². The highest BCUT2D eigenvalue weighted by Crippen LogP contribution is 2.30. The van der Waals surface area contributed by atoms with Crippen molar-refractivity contribution in [3.8, 4) is 0 Å². The third-order valence-electron chi connectivity index (χ3n) is 4.28. The number of rotatable bonds is 4. The molecule has 1 aromatic heterocycles. The van der Waals surface area contributed by atoms with Gasteiger partial charge in [0.05, 0.1) is 0 Å². The molecule has 0 spiro atoms. The lowest BCUT2D eigenvalue weighted by Gasteiger charge is -2.33. The van der Waals surface area contributed by atoms with Crippen molar-refractivity contribution in [2.75, 3.05) is 17.7 Å². The van der Waals surface area contributed by atoms with Crippen molar-refractivity contribution >= 4 is 11.6 Å². The monoisotopic (exact) mass is 276 g/mol. The molecule has 0 bridgehead atoms. The van der Waals surface area contributed by atoms with Crippen LogP contribution in [-0.4, -0.2) is 23.1 Å². The summed E-state index contributed by atoms with van der Waals surface area (Å²) in [4.78, 5) is 9.18. The van der Waals surface area contributed by atoms with Gasteiger partial charge in [0.1, 0.15) is 17.5 Å². The van der Waals surface area contributed by atoms with E-state index < -0.39 is 0 Å². The van der Waals surface area contributed by atoms with E-state index >= 15 is 0 Å². The van der Waals surface area contributed by atoms with Gasteiger partial charge in [-0.05, 0) is 31.1 Å². The maximum absolute atomic E-state index is 4.67. The summed E-state index contributed by atoms with van der Waals surface area (Å²) >= 11 is 0. The van der Waals surface area contributed by atoms with Gasteiger partial charge in [-0.2, -0.15) is 0 Å². The fourth-order valence-corrected chi connectivity index (χ4v) is 3.00. The predicted molar refractivity (Wildman–Crippen MR) is 85.3 cm³/mol. The molecule has 4 nitrogen and oxygen atoms in total. The topological polar surface area (TPSA) is 49.8 Å². The van der Waals surface area contributed by atoms with Crippen LogP contribution in [0.1, 0.15) is 58.7 Å². The van der Waals surface area contributed by atoms with Crippen molar-refractivity contribution in [3.63, 3.8) is 0 Å². The van der Waals surface area contributed by atoms with E-state index in [9.17, 15) is 0 Å². The molecule has 1 aliphatic carbocycles. The van der Waals surface area contributed by atoms with Gasteiger partial charge >= 0.3 is 0 Å². The summed E-state index contributed by atoms with van der Waals surface area (Å²) in [6, 6.07) is 2.54. The highest BCUT2D eigenvalue weighted by Gasteiger charge is 2.25. The molecule has 0 radical (unpaired) electrons. The zero-order valence-electron chi connectivity index (χ0n) is 13.4. The fraction of sp³-hybridized carbons (Fsp3) is 0.750. The second-order valence-electron chi connectivity index (χ2n) is 6.55. The summed E-state index contributed by atoms with van der Waals surface area (Å²) in [6.07, 6.45) is 3.85. The smallest absolute Gasteiger partial charge is 0.135 e. The standard InChI is InChI=1S/C16H28N4/c1-10(2)16-19-14(17-5)9-15(20-16)18-13-7-6-11(3)8-12(13)4/h9-13H,6-8H2,1-5H3,(H2,17,18,19,20). The zero-order chi connectivity index (χ0) is 14.7. The van der Waals surface area contributed by atoms with Crippen LogP contribution in [0.25, 0.3) is 0 Å². The highest BCUT2D eigenvalue weighted by atomic mass is 15.1. The molecule has 1 fully saturated rings. The van der Waals surface area contributed by atoms with Gasteiger partial charge in [-0.3, -0.25) is 0 Å². The number of aromatic nitrogens is 2. The molecule has 2 rings (SSSR count). The lowest BCUT2D eigenvalue weighted by Crippen LogP contribution is -2.33. The Balaban J connectivity index is 2.14. The first-order valence-corrected chi connectivity index (χ1v) is 7.82. The second-order valence-corrected chi connectivity index (χ2v) is 6.55. The van der Waals surface area contributed by atoms with E-state index in [1.54, 1.807) is 0 Å². The van der Waals surface area contributed by atoms with Crippen molar-refractivity contribution < 1.29 is 0 Å². The van der Waals surface area contributed by atoms with E-state index in [0.29, 0.717) is 17.9 Å². The Bertz CT molecular complexity index is 444. The maximum atomic E-state index is 4.67. The Morgan fingerprint density at radius 2 is 1.85 bits per heavy atom. The number of hydrogen-bond acceptors (Lipinski definition) is 4. The lowest BCUT2D eigenvalue weighted by molar-refractivity contribution is 0.276. The molecule has 1 aliphatic rings. The largest absolute Gasteiger partial charge is 0.373 e. The Labute approximate surface area is 122 Å². The molecule has 20 heavy (non-hydrogen) atoms. The van der Waals surface area contributed by atoms with E-state index in [2.05, 4.69) is 48.3 Å². The van der Waals surface area contributed by atoms with Gasteiger partial charge in [0, 0.05) is 25.1 Å². The zero-order valence-corrected chi connectivity index (χ0v) is 13.4. The number of hydrogen-bond donors (Lipinski definition) is 2. The van der Waals surface area contributed by atoms with E-state index in [-0.39, 0.29) is 0 Å². The molecule has 1 heterocycles. The molecule has 3 unspecified atom stereocenters. The molecule has 2 N–H and O–H groups in total. The molecule has 0 aromatic carbocycles. The predicted octanol–water partition coefficient (Wildman–Crippen LogP) is 3.88. The van der Waals surface area contributed by atoms with Gasteiger partial charge in [-0.25, -0.2) is 9.97 Å². The van der Waals surface area contributed by atoms with Crippen molar-refractivity contribution in [2.45, 2.75) is 58.9 Å². The first-order chi connectivity index (χ1) is 9.49. The SMILES string of the molecule is CNc1cc(NC2CCC(C)CC2C)nc(C(C)C)n1. The number of nitrogens with zero attached hydrogens (tertiary/aromatic N) is 2. The van der Waals surface area contributed by atoms with Crippen LogP contribution in [0.3, 0.4) is 0 Å². The van der Waals surface area contributed by atoms with E-state index in [1.807, 2.05) is 13.1 Å². The summed E-state index contributed by atoms with van der Waals surface area (Å²) in [6.45, 7) is 8.96. The molecule has 0 saturated heterocycles. The molecule has 4 heteroatoms. The average Bonchev–Trinajstić information content (AvgIpc) is 2.41. The highest BCUT2D eigenvalue weighted by molar-refractivity contribution is 5.48. The van der Waals surface area contributed by atoms with Crippen LogP contribution in [-0.2, 0) is 0 Å². The van der Waals surface area contributed by atoms with Crippen LogP contribution in [0.15, 0.2) is 6.07 Å². The molecule has 112 valence electrons. The quantitative estimate of drug-likeness (QED) is 0.876. The van der Waals surface area contributed by atoms with E-state index in [1.165, 1.54) is 19.3 Å². The van der Waals surface area contributed by atoms with Crippen LogP contribution in [0.4, 0.5) is 11.6 Å². The molecule has 0 amide bonds. The van der Waals surface area contributed by atoms with Crippen LogP contribution < -0.4 is 10.6 Å². The number of nitrogens with one attached hydrogen (secondary N) is 2. The van der Waals surface area contributed by atoms with Crippen LogP contribution >= 0.6 is 0 Å². The molecule has 0 aliphatic heterocycles. The van der Waals surface area contributed by atoms with E-state index in [4.69, 9.17) is 0 Å². The lowest BCUT2D eigenvalue weighted by atomic mass is 9.80. The van der Waals surface area contributed by atoms with Crippen molar-refractivity contribution in [1.82, 2.24) is 9.97 Å². The van der Waals surface area contributed by atoms with Crippen LogP contribution in [0.2, 0.25) is 0 Å². The van der Waals surface area contributed by atoms with Crippen LogP contribution in [0, 0.1) is 11.8 Å².